The van der Waals surface area contributed by atoms with Crippen molar-refractivity contribution in [3.63, 3.8) is 0 Å². The molecule has 0 saturated heterocycles. The maximum absolute atomic E-state index is 12.9. The average Bonchev–Trinajstić information content (AvgIpc) is 0.913. The molecule has 0 radical (unpaired) electrons. The monoisotopic (exact) mass is 1430 g/mol. The van der Waals surface area contributed by atoms with Crippen LogP contribution in [0, 0.1) is 0 Å². The molecule has 0 aromatic heterocycles. The molecule has 0 rings (SSSR count). The van der Waals surface area contributed by atoms with E-state index in [-0.39, 0.29) is 32.0 Å². The van der Waals surface area contributed by atoms with Crippen LogP contribution in [0.25, 0.3) is 0 Å². The number of nitrogens with zero attached hydrogens (tertiary/aromatic N) is 1. The van der Waals surface area contributed by atoms with Gasteiger partial charge in [0.1, 0.15) is 19.8 Å². The minimum absolute atomic E-state index is 0.0408. The van der Waals surface area contributed by atoms with Crippen LogP contribution in [0.15, 0.2) is 182 Å². The zero-order valence-electron chi connectivity index (χ0n) is 66.2. The zero-order valence-corrected chi connectivity index (χ0v) is 67.1. The fourth-order valence-corrected chi connectivity index (χ4v) is 11.9. The first-order chi connectivity index (χ1) is 50.0. The van der Waals surface area contributed by atoms with E-state index in [1.54, 1.807) is 0 Å². The SMILES string of the molecule is CC/C=C\C/C=C\C/C=C\C/C=C\C/C=C\C/C=C\C/C=C\C/C=C\C/C=C\C/C=C\CCCCCCCCC(=O)OC(COC(=O)CCCCCCCCCCCCCCCCCCCCCCCCCCC/C=C\C/C=C\C/C=C\C/C=C\C/C=C\CC)COP(=O)([O-])OCC[N+](C)(C)C. The lowest BCUT2D eigenvalue weighted by molar-refractivity contribution is -0.870. The molecule has 0 aliphatic heterocycles. The van der Waals surface area contributed by atoms with E-state index < -0.39 is 26.5 Å². The first kappa shape index (κ1) is 97.1. The van der Waals surface area contributed by atoms with E-state index in [1.807, 2.05) is 21.1 Å². The second-order valence-corrected chi connectivity index (χ2v) is 29.8. The van der Waals surface area contributed by atoms with Gasteiger partial charge in [0, 0.05) is 12.8 Å². The number of phosphoric acid groups is 1. The van der Waals surface area contributed by atoms with Gasteiger partial charge >= 0.3 is 11.9 Å². The summed E-state index contributed by atoms with van der Waals surface area (Å²) in [4.78, 5) is 38.2. The van der Waals surface area contributed by atoms with Crippen molar-refractivity contribution in [1.82, 2.24) is 0 Å². The minimum Gasteiger partial charge on any atom is -0.756 e. The second kappa shape index (κ2) is 80.2. The molecule has 0 saturated carbocycles. The summed E-state index contributed by atoms with van der Waals surface area (Å²) in [5, 5.41) is 0. The molecule has 0 heterocycles. The molecule has 0 aliphatic carbocycles. The first-order valence-corrected chi connectivity index (χ1v) is 43.0. The van der Waals surface area contributed by atoms with E-state index in [2.05, 4.69) is 196 Å². The number of unbranched alkanes of at least 4 members (excludes halogenated alkanes) is 31. The average molecular weight is 1430 g/mol. The largest absolute Gasteiger partial charge is 0.756 e. The highest BCUT2D eigenvalue weighted by atomic mass is 31.2. The van der Waals surface area contributed by atoms with Crippen molar-refractivity contribution in [2.75, 3.05) is 47.5 Å². The van der Waals surface area contributed by atoms with Gasteiger partial charge in [-0.1, -0.05) is 369 Å². The van der Waals surface area contributed by atoms with Crippen molar-refractivity contribution in [3.8, 4) is 0 Å². The maximum Gasteiger partial charge on any atom is 0.306 e. The molecule has 0 amide bonds. The predicted molar refractivity (Wildman–Crippen MR) is 443 cm³/mol. The maximum atomic E-state index is 12.9. The van der Waals surface area contributed by atoms with Crippen LogP contribution >= 0.6 is 7.82 Å². The molecule has 0 aromatic carbocycles. The number of likely N-dealkylation sites (N-methyl/N-ethyl adjacent to an activating group) is 1. The van der Waals surface area contributed by atoms with Crippen LogP contribution in [0.4, 0.5) is 0 Å². The molecular formula is C92H154NO8P. The topological polar surface area (TPSA) is 111 Å². The molecule has 0 fully saturated rings. The summed E-state index contributed by atoms with van der Waals surface area (Å²) in [7, 11) is 1.15. The number of hydrogen-bond donors (Lipinski definition) is 0. The molecule has 10 heteroatoms. The van der Waals surface area contributed by atoms with Gasteiger partial charge in [-0.15, -0.1) is 0 Å². The van der Waals surface area contributed by atoms with Crippen LogP contribution < -0.4 is 4.89 Å². The Morgan fingerprint density at radius 3 is 0.784 bits per heavy atom. The lowest BCUT2D eigenvalue weighted by atomic mass is 10.0. The highest BCUT2D eigenvalue weighted by molar-refractivity contribution is 7.45. The second-order valence-electron chi connectivity index (χ2n) is 28.4. The molecule has 0 bridgehead atoms. The standard InChI is InChI=1S/C92H154NO8P/c1-6-8-10-12-14-16-18-20-22-24-26-28-30-32-34-36-38-40-42-44-45-46-47-49-50-52-54-56-58-60-62-64-66-68-70-72-74-76-78-80-82-84-91(94)98-88-90(89-100-102(96,97)99-87-86-93(3,4)5)101-92(95)85-83-81-79-77-75-73-71-69-67-65-63-61-59-57-55-53-51-48-43-41-39-37-35-33-31-29-27-25-23-21-19-17-15-13-11-9-7-2/h8-11,14-17,20-23,26-29,32-35,39,41,48,51,55,57,61,63,67,69,90H,6-7,12-13,18-19,24-25,30-31,36-38,40,42-47,49-50,52-54,56,58-60,62,64-66,68,70-89H2,1-5H3/b10-8-,11-9-,16-14-,17-15-,22-20-,23-21-,28-26-,29-27-,34-32-,35-33-,41-39-,51-48-,57-55-,63-61-,69-67-. The summed E-state index contributed by atoms with van der Waals surface area (Å²) in [6.45, 7) is 4.01. The van der Waals surface area contributed by atoms with Crippen LogP contribution in [0.2, 0.25) is 0 Å². The molecule has 0 spiro atoms. The molecule has 0 aliphatic rings. The molecule has 9 nitrogen and oxygen atoms in total. The van der Waals surface area contributed by atoms with E-state index in [0.29, 0.717) is 17.4 Å². The van der Waals surface area contributed by atoms with Gasteiger partial charge in [-0.25, -0.2) is 0 Å². The van der Waals surface area contributed by atoms with Crippen molar-refractivity contribution >= 4 is 19.8 Å². The summed E-state index contributed by atoms with van der Waals surface area (Å²) in [6.07, 6.45) is 123. The number of esters is 2. The highest BCUT2D eigenvalue weighted by Gasteiger charge is 2.22. The van der Waals surface area contributed by atoms with Crippen LogP contribution in [-0.4, -0.2) is 70.0 Å². The molecule has 2 unspecified atom stereocenters. The summed E-state index contributed by atoms with van der Waals surface area (Å²) >= 11 is 0. The Labute approximate surface area is 629 Å². The molecule has 0 N–H and O–H groups in total. The Hall–Kier alpha value is -4.89. The number of carbonyl (C=O) groups is 2. The molecule has 102 heavy (non-hydrogen) atoms. The predicted octanol–water partition coefficient (Wildman–Crippen LogP) is 27.5. The molecular weight excluding hydrogens is 1280 g/mol. The van der Waals surface area contributed by atoms with Gasteiger partial charge in [-0.2, -0.15) is 0 Å². The molecule has 580 valence electrons. The Morgan fingerprint density at radius 2 is 0.529 bits per heavy atom. The number of ether oxygens (including phenoxy) is 2. The van der Waals surface area contributed by atoms with E-state index in [1.165, 1.54) is 148 Å². The Balaban J connectivity index is 4.01. The van der Waals surface area contributed by atoms with Crippen molar-refractivity contribution in [3.05, 3.63) is 182 Å². The van der Waals surface area contributed by atoms with Crippen LogP contribution in [0.1, 0.15) is 335 Å². The van der Waals surface area contributed by atoms with Gasteiger partial charge in [0.2, 0.25) is 0 Å². The number of rotatable bonds is 75. The Bertz CT molecular complexity index is 2390. The summed E-state index contributed by atoms with van der Waals surface area (Å²) < 4.78 is 34.4. The smallest absolute Gasteiger partial charge is 0.306 e. The van der Waals surface area contributed by atoms with Gasteiger partial charge in [0.05, 0.1) is 27.7 Å². The number of allylic oxidation sites excluding steroid dienone is 30. The fourth-order valence-electron chi connectivity index (χ4n) is 11.2. The third kappa shape index (κ3) is 84.1. The summed E-state index contributed by atoms with van der Waals surface area (Å²) in [6, 6.07) is 0. The quantitative estimate of drug-likeness (QED) is 0.0195. The van der Waals surface area contributed by atoms with Gasteiger partial charge in [0.25, 0.3) is 7.82 Å². The number of hydrogen-bond acceptors (Lipinski definition) is 8. The van der Waals surface area contributed by atoms with Crippen LogP contribution in [-0.2, 0) is 32.7 Å². The molecule has 2 atom stereocenters. The number of carbonyl (C=O) groups excluding carboxylic acids is 2. The third-order valence-electron chi connectivity index (χ3n) is 17.4. The highest BCUT2D eigenvalue weighted by Crippen LogP contribution is 2.38. The summed E-state index contributed by atoms with van der Waals surface area (Å²) in [5.41, 5.74) is 0. The van der Waals surface area contributed by atoms with E-state index in [4.69, 9.17) is 18.5 Å². The Kier molecular flexibility index (Phi) is 76.4. The van der Waals surface area contributed by atoms with Gasteiger partial charge in [0.15, 0.2) is 6.10 Å². The van der Waals surface area contributed by atoms with Gasteiger partial charge in [-0.05, 0) is 135 Å². The van der Waals surface area contributed by atoms with Crippen molar-refractivity contribution in [2.24, 2.45) is 0 Å². The van der Waals surface area contributed by atoms with Crippen molar-refractivity contribution in [1.29, 1.82) is 0 Å². The lowest BCUT2D eigenvalue weighted by Gasteiger charge is -2.28. The van der Waals surface area contributed by atoms with Crippen LogP contribution in [0.5, 0.6) is 0 Å². The van der Waals surface area contributed by atoms with E-state index in [0.717, 1.165) is 154 Å². The number of phosphoric ester groups is 1. The minimum atomic E-state index is -4.66. The van der Waals surface area contributed by atoms with Crippen LogP contribution in [0.3, 0.4) is 0 Å². The molecule has 0 aromatic rings. The third-order valence-corrected chi connectivity index (χ3v) is 18.4. The van der Waals surface area contributed by atoms with Crippen molar-refractivity contribution in [2.45, 2.75) is 341 Å². The zero-order chi connectivity index (χ0) is 74.0. The van der Waals surface area contributed by atoms with Gasteiger partial charge < -0.3 is 27.9 Å². The van der Waals surface area contributed by atoms with E-state index in [9.17, 15) is 19.0 Å². The van der Waals surface area contributed by atoms with E-state index >= 15 is 0 Å². The fraction of sp³-hybridized carbons (Fsp3) is 0.652. The lowest BCUT2D eigenvalue weighted by Crippen LogP contribution is -2.37. The van der Waals surface area contributed by atoms with Crippen molar-refractivity contribution < 1.29 is 42.1 Å². The van der Waals surface area contributed by atoms with Gasteiger partial charge in [-0.3, -0.25) is 14.2 Å². The Morgan fingerprint density at radius 1 is 0.304 bits per heavy atom. The number of quaternary nitrogens is 1. The first-order valence-electron chi connectivity index (χ1n) is 41.5. The normalized spacial score (nSPS) is 14.0. The summed E-state index contributed by atoms with van der Waals surface area (Å²) in [5.74, 6) is -0.849.